The number of amides is 1. The van der Waals surface area contributed by atoms with Crippen molar-refractivity contribution in [2.45, 2.75) is 45.1 Å². The lowest BCUT2D eigenvalue weighted by atomic mass is 9.95. The van der Waals surface area contributed by atoms with Crippen LogP contribution in [-0.2, 0) is 24.3 Å². The molecule has 8 nitrogen and oxygen atoms in total. The van der Waals surface area contributed by atoms with Gasteiger partial charge in [0.15, 0.2) is 0 Å². The zero-order valence-electron chi connectivity index (χ0n) is 14.7. The number of nitrogens with zero attached hydrogens (tertiary/aromatic N) is 2. The van der Waals surface area contributed by atoms with E-state index in [-0.39, 0.29) is 30.6 Å². The van der Waals surface area contributed by atoms with E-state index in [0.717, 1.165) is 6.42 Å². The molecule has 1 N–H and O–H groups in total. The van der Waals surface area contributed by atoms with E-state index in [0.29, 0.717) is 45.5 Å². The van der Waals surface area contributed by atoms with Gasteiger partial charge in [-0.2, -0.15) is 0 Å². The average Bonchev–Trinajstić information content (AvgIpc) is 2.59. The molecule has 2 fully saturated rings. The highest BCUT2D eigenvalue weighted by Crippen LogP contribution is 2.24. The van der Waals surface area contributed by atoms with E-state index in [1.54, 1.807) is 4.90 Å². The SMILES string of the molecule is CCCCS(=O)(=O)N1CCC(C(=O)N2CCOCC2CC(=O)O)CC1. The number of rotatable bonds is 7. The van der Waals surface area contributed by atoms with Crippen molar-refractivity contribution in [3.63, 3.8) is 0 Å². The summed E-state index contributed by atoms with van der Waals surface area (Å²) in [7, 11) is -3.24. The second kappa shape index (κ2) is 8.95. The summed E-state index contributed by atoms with van der Waals surface area (Å²) < 4.78 is 31.3. The summed E-state index contributed by atoms with van der Waals surface area (Å²) in [5.41, 5.74) is 0. The van der Waals surface area contributed by atoms with Crippen molar-refractivity contribution in [3.05, 3.63) is 0 Å². The Morgan fingerprint density at radius 3 is 2.48 bits per heavy atom. The summed E-state index contributed by atoms with van der Waals surface area (Å²) >= 11 is 0. The van der Waals surface area contributed by atoms with E-state index in [2.05, 4.69) is 0 Å². The molecule has 0 radical (unpaired) electrons. The monoisotopic (exact) mass is 376 g/mol. The summed E-state index contributed by atoms with van der Waals surface area (Å²) in [5, 5.41) is 9.00. The Hall–Kier alpha value is -1.19. The van der Waals surface area contributed by atoms with Gasteiger partial charge in [0, 0.05) is 25.6 Å². The number of carboxylic acids is 1. The minimum Gasteiger partial charge on any atom is -0.481 e. The predicted molar refractivity (Wildman–Crippen MR) is 91.6 cm³/mol. The van der Waals surface area contributed by atoms with Crippen LogP contribution >= 0.6 is 0 Å². The topological polar surface area (TPSA) is 104 Å². The molecule has 0 saturated carbocycles. The molecule has 0 aromatic rings. The van der Waals surface area contributed by atoms with Crippen molar-refractivity contribution in [2.24, 2.45) is 5.92 Å². The van der Waals surface area contributed by atoms with Crippen molar-refractivity contribution < 1.29 is 27.9 Å². The van der Waals surface area contributed by atoms with Gasteiger partial charge in [0.05, 0.1) is 31.4 Å². The third-order valence-electron chi connectivity index (χ3n) is 4.87. The number of carboxylic acid groups (broad SMARTS) is 1. The largest absolute Gasteiger partial charge is 0.481 e. The lowest BCUT2D eigenvalue weighted by molar-refractivity contribution is -0.149. The van der Waals surface area contributed by atoms with E-state index < -0.39 is 22.0 Å². The maximum atomic E-state index is 12.8. The molecule has 2 aliphatic heterocycles. The van der Waals surface area contributed by atoms with Crippen LogP contribution in [0, 0.1) is 5.92 Å². The highest BCUT2D eigenvalue weighted by atomic mass is 32.2. The van der Waals surface area contributed by atoms with Crippen LogP contribution in [0.15, 0.2) is 0 Å². The van der Waals surface area contributed by atoms with Gasteiger partial charge in [-0.15, -0.1) is 0 Å². The number of ether oxygens (including phenoxy) is 1. The van der Waals surface area contributed by atoms with Gasteiger partial charge in [-0.05, 0) is 19.3 Å². The van der Waals surface area contributed by atoms with Crippen LogP contribution in [0.1, 0.15) is 39.0 Å². The third-order valence-corrected chi connectivity index (χ3v) is 6.83. The highest BCUT2D eigenvalue weighted by molar-refractivity contribution is 7.89. The second-order valence-corrected chi connectivity index (χ2v) is 8.79. The maximum Gasteiger partial charge on any atom is 0.305 e. The number of piperidine rings is 1. The third kappa shape index (κ3) is 5.39. The minimum absolute atomic E-state index is 0.0693. The van der Waals surface area contributed by atoms with Crippen LogP contribution in [0.5, 0.6) is 0 Å². The lowest BCUT2D eigenvalue weighted by Gasteiger charge is -2.39. The molecule has 1 amide bonds. The van der Waals surface area contributed by atoms with Gasteiger partial charge in [-0.3, -0.25) is 9.59 Å². The summed E-state index contributed by atoms with van der Waals surface area (Å²) in [4.78, 5) is 25.4. The molecule has 2 aliphatic rings. The second-order valence-electron chi connectivity index (χ2n) is 6.70. The molecule has 2 heterocycles. The molecule has 9 heteroatoms. The Bertz CT molecular complexity index is 571. The van der Waals surface area contributed by atoms with Crippen LogP contribution in [0.2, 0.25) is 0 Å². The van der Waals surface area contributed by atoms with Crippen LogP contribution in [0.4, 0.5) is 0 Å². The first-order valence-corrected chi connectivity index (χ1v) is 10.5. The Kier molecular flexibility index (Phi) is 7.21. The molecular formula is C16H28N2O6S. The smallest absolute Gasteiger partial charge is 0.305 e. The van der Waals surface area contributed by atoms with Gasteiger partial charge in [0.2, 0.25) is 15.9 Å². The van der Waals surface area contributed by atoms with Gasteiger partial charge in [-0.25, -0.2) is 12.7 Å². The van der Waals surface area contributed by atoms with Crippen molar-refractivity contribution in [1.29, 1.82) is 0 Å². The fraction of sp³-hybridized carbons (Fsp3) is 0.875. The average molecular weight is 376 g/mol. The molecule has 0 aromatic heterocycles. The first kappa shape index (κ1) is 20.1. The molecule has 0 spiro atoms. The van der Waals surface area contributed by atoms with Crippen LogP contribution in [0.3, 0.4) is 0 Å². The van der Waals surface area contributed by atoms with Gasteiger partial charge >= 0.3 is 5.97 Å². The Labute approximate surface area is 149 Å². The molecule has 144 valence electrons. The zero-order valence-corrected chi connectivity index (χ0v) is 15.5. The van der Waals surface area contributed by atoms with E-state index in [1.807, 2.05) is 6.92 Å². The molecule has 2 saturated heterocycles. The van der Waals surface area contributed by atoms with Gasteiger partial charge < -0.3 is 14.7 Å². The first-order valence-electron chi connectivity index (χ1n) is 8.93. The summed E-state index contributed by atoms with van der Waals surface area (Å²) in [6.07, 6.45) is 2.32. The fourth-order valence-electron chi connectivity index (χ4n) is 3.39. The Morgan fingerprint density at radius 1 is 1.20 bits per heavy atom. The fourth-order valence-corrected chi connectivity index (χ4v) is 5.07. The summed E-state index contributed by atoms with van der Waals surface area (Å²) in [6.45, 7) is 3.71. The number of aliphatic carboxylic acids is 1. The lowest BCUT2D eigenvalue weighted by Crippen LogP contribution is -2.53. The number of carbonyl (C=O) groups excluding carboxylic acids is 1. The molecule has 1 unspecified atom stereocenters. The number of carbonyl (C=O) groups is 2. The minimum atomic E-state index is -3.24. The molecule has 1 atom stereocenters. The predicted octanol–water partition coefficient (Wildman–Crippen LogP) is 0.530. The van der Waals surface area contributed by atoms with Gasteiger partial charge in [-0.1, -0.05) is 13.3 Å². The van der Waals surface area contributed by atoms with Crippen LogP contribution in [-0.4, -0.2) is 79.2 Å². The van der Waals surface area contributed by atoms with Crippen LogP contribution in [0.25, 0.3) is 0 Å². The van der Waals surface area contributed by atoms with Crippen molar-refractivity contribution >= 4 is 21.9 Å². The van der Waals surface area contributed by atoms with Crippen molar-refractivity contribution in [1.82, 2.24) is 9.21 Å². The number of unbranched alkanes of at least 4 members (excludes halogenated alkanes) is 1. The number of morpholine rings is 1. The van der Waals surface area contributed by atoms with E-state index in [9.17, 15) is 18.0 Å². The molecular weight excluding hydrogens is 348 g/mol. The molecule has 2 rings (SSSR count). The summed E-state index contributed by atoms with van der Waals surface area (Å²) in [6, 6.07) is -0.440. The standard InChI is InChI=1S/C16H28N2O6S/c1-2-3-10-25(22,23)17-6-4-13(5-7-17)16(21)18-8-9-24-12-14(18)11-15(19)20/h13-14H,2-12H2,1H3,(H,19,20). The van der Waals surface area contributed by atoms with Gasteiger partial charge in [0.25, 0.3) is 0 Å². The van der Waals surface area contributed by atoms with Gasteiger partial charge in [0.1, 0.15) is 0 Å². The number of hydrogen-bond donors (Lipinski definition) is 1. The molecule has 25 heavy (non-hydrogen) atoms. The highest BCUT2D eigenvalue weighted by Gasteiger charge is 2.36. The van der Waals surface area contributed by atoms with Crippen LogP contribution < -0.4 is 0 Å². The summed E-state index contributed by atoms with van der Waals surface area (Å²) in [5.74, 6) is -1.11. The van der Waals surface area contributed by atoms with E-state index in [4.69, 9.17) is 9.84 Å². The molecule has 0 aliphatic carbocycles. The normalized spacial score (nSPS) is 23.6. The van der Waals surface area contributed by atoms with Crippen molar-refractivity contribution in [3.8, 4) is 0 Å². The van der Waals surface area contributed by atoms with E-state index in [1.165, 1.54) is 4.31 Å². The Morgan fingerprint density at radius 2 is 1.88 bits per heavy atom. The maximum absolute atomic E-state index is 12.8. The number of sulfonamides is 1. The molecule has 0 aromatic carbocycles. The molecule has 0 bridgehead atoms. The Balaban J connectivity index is 1.92. The zero-order chi connectivity index (χ0) is 18.4. The quantitative estimate of drug-likeness (QED) is 0.695. The number of hydrogen-bond acceptors (Lipinski definition) is 5. The van der Waals surface area contributed by atoms with Crippen molar-refractivity contribution in [2.75, 3.05) is 38.6 Å². The van der Waals surface area contributed by atoms with E-state index >= 15 is 0 Å². The first-order chi connectivity index (χ1) is 11.8.